The van der Waals surface area contributed by atoms with Crippen LogP contribution in [0.1, 0.15) is 29.4 Å². The Kier molecular flexibility index (Phi) is 6.71. The molecule has 0 bridgehead atoms. The number of aliphatic hydroxyl groups excluding tert-OH is 1. The van der Waals surface area contributed by atoms with Crippen molar-refractivity contribution in [3.63, 3.8) is 0 Å². The van der Waals surface area contributed by atoms with Crippen LogP contribution in [0.15, 0.2) is 18.3 Å². The van der Waals surface area contributed by atoms with Crippen molar-refractivity contribution < 1.29 is 14.6 Å². The molecule has 20 heavy (non-hydrogen) atoms. The molecule has 0 saturated heterocycles. The number of ether oxygens (including phenoxy) is 1. The quantitative estimate of drug-likeness (QED) is 0.812. The molecule has 5 heteroatoms. The smallest absolute Gasteiger partial charge is 0.273 e. The van der Waals surface area contributed by atoms with E-state index in [1.807, 2.05) is 6.92 Å². The number of carbonyl (C=O) groups excluding carboxylic acids is 1. The Morgan fingerprint density at radius 2 is 2.35 bits per heavy atom. The van der Waals surface area contributed by atoms with Crippen molar-refractivity contribution >= 4 is 5.91 Å². The molecule has 1 heterocycles. The molecule has 0 spiro atoms. The molecule has 1 N–H and O–H groups in total. The second-order valence-electron chi connectivity index (χ2n) is 4.40. The molecular formula is C15H20N2O3. The average molecular weight is 276 g/mol. The molecule has 1 amide bonds. The Bertz CT molecular complexity index is 505. The van der Waals surface area contributed by atoms with Crippen LogP contribution in [0, 0.1) is 11.8 Å². The van der Waals surface area contributed by atoms with E-state index >= 15 is 0 Å². The Balaban J connectivity index is 2.96. The van der Waals surface area contributed by atoms with Crippen LogP contribution in [0.25, 0.3) is 0 Å². The fourth-order valence-electron chi connectivity index (χ4n) is 1.61. The summed E-state index contributed by atoms with van der Waals surface area (Å²) in [4.78, 5) is 18.1. The molecule has 0 aliphatic rings. The zero-order valence-electron chi connectivity index (χ0n) is 12.1. The summed E-state index contributed by atoms with van der Waals surface area (Å²) >= 11 is 0. The van der Waals surface area contributed by atoms with E-state index < -0.39 is 0 Å². The molecule has 0 aliphatic carbocycles. The predicted octanol–water partition coefficient (Wildman–Crippen LogP) is 0.922. The van der Waals surface area contributed by atoms with Gasteiger partial charge < -0.3 is 14.7 Å². The van der Waals surface area contributed by atoms with E-state index in [-0.39, 0.29) is 18.6 Å². The van der Waals surface area contributed by atoms with Gasteiger partial charge in [0.15, 0.2) is 0 Å². The third-order valence-corrected chi connectivity index (χ3v) is 2.86. The second kappa shape index (κ2) is 8.31. The van der Waals surface area contributed by atoms with Gasteiger partial charge in [0.25, 0.3) is 5.91 Å². The van der Waals surface area contributed by atoms with Crippen molar-refractivity contribution in [1.82, 2.24) is 9.88 Å². The summed E-state index contributed by atoms with van der Waals surface area (Å²) in [6.45, 7) is 2.36. The number of nitrogens with zero attached hydrogens (tertiary/aromatic N) is 2. The van der Waals surface area contributed by atoms with Crippen LogP contribution in [0.2, 0.25) is 0 Å². The Morgan fingerprint density at radius 3 is 3.00 bits per heavy atom. The lowest BCUT2D eigenvalue weighted by molar-refractivity contribution is 0.0627. The summed E-state index contributed by atoms with van der Waals surface area (Å²) in [5, 5.41) is 8.74. The zero-order valence-corrected chi connectivity index (χ0v) is 12.1. The van der Waals surface area contributed by atoms with Gasteiger partial charge in [-0.3, -0.25) is 4.79 Å². The highest BCUT2D eigenvalue weighted by molar-refractivity contribution is 5.94. The lowest BCUT2D eigenvalue weighted by atomic mass is 10.1. The van der Waals surface area contributed by atoms with E-state index in [4.69, 9.17) is 9.84 Å². The van der Waals surface area contributed by atoms with Crippen molar-refractivity contribution in [2.75, 3.05) is 27.4 Å². The highest BCUT2D eigenvalue weighted by Gasteiger charge is 2.20. The first-order chi connectivity index (χ1) is 9.61. The molecule has 1 aromatic rings. The Labute approximate surface area is 119 Å². The maximum absolute atomic E-state index is 12.4. The second-order valence-corrected chi connectivity index (χ2v) is 4.40. The molecule has 0 aromatic carbocycles. The lowest BCUT2D eigenvalue weighted by Gasteiger charge is -2.24. The fraction of sp³-hybridized carbons (Fsp3) is 0.467. The van der Waals surface area contributed by atoms with Gasteiger partial charge in [0.2, 0.25) is 0 Å². The monoisotopic (exact) mass is 276 g/mol. The summed E-state index contributed by atoms with van der Waals surface area (Å²) in [6, 6.07) is 3.44. The minimum absolute atomic E-state index is 0.00131. The molecular weight excluding hydrogens is 256 g/mol. The number of carbonyl (C=O) groups is 1. The largest absolute Gasteiger partial charge is 0.395 e. The fourth-order valence-corrected chi connectivity index (χ4v) is 1.61. The van der Waals surface area contributed by atoms with Crippen molar-refractivity contribution in [2.45, 2.75) is 19.4 Å². The molecule has 0 aliphatic heterocycles. The van der Waals surface area contributed by atoms with Gasteiger partial charge in [-0.2, -0.15) is 0 Å². The molecule has 1 rings (SSSR count). The van der Waals surface area contributed by atoms with E-state index in [0.717, 1.165) is 0 Å². The first-order valence-corrected chi connectivity index (χ1v) is 6.42. The normalized spacial score (nSPS) is 11.4. The maximum atomic E-state index is 12.4. The van der Waals surface area contributed by atoms with Crippen LogP contribution >= 0.6 is 0 Å². The number of rotatable bonds is 5. The van der Waals surface area contributed by atoms with Gasteiger partial charge in [-0.25, -0.2) is 4.98 Å². The van der Waals surface area contributed by atoms with E-state index in [0.29, 0.717) is 24.3 Å². The number of aromatic nitrogens is 1. The van der Waals surface area contributed by atoms with E-state index in [1.54, 1.807) is 37.4 Å². The van der Waals surface area contributed by atoms with Gasteiger partial charge in [0.05, 0.1) is 24.8 Å². The molecule has 1 unspecified atom stereocenters. The number of methoxy groups -OCH3 is 1. The summed E-state index contributed by atoms with van der Waals surface area (Å²) < 4.78 is 5.05. The van der Waals surface area contributed by atoms with E-state index in [2.05, 4.69) is 16.8 Å². The van der Waals surface area contributed by atoms with Crippen LogP contribution in [0.5, 0.6) is 0 Å². The number of aliphatic hydroxyl groups is 1. The first-order valence-electron chi connectivity index (χ1n) is 6.42. The van der Waals surface area contributed by atoms with Gasteiger partial charge in [-0.1, -0.05) is 11.8 Å². The minimum atomic E-state index is -0.191. The zero-order chi connectivity index (χ0) is 15.0. The average Bonchev–Trinajstić information content (AvgIpc) is 2.47. The molecule has 5 nitrogen and oxygen atoms in total. The SMILES string of the molecule is COCC(C)N(C)C(=O)c1ncccc1C#CCCO. The van der Waals surface area contributed by atoms with E-state index in [1.165, 1.54) is 0 Å². The summed E-state index contributed by atoms with van der Waals surface area (Å²) in [5.74, 6) is 5.48. The standard InChI is InChI=1S/C15H20N2O3/c1-12(11-20-3)17(2)15(19)14-13(7-4-5-10-18)8-6-9-16-14/h6,8-9,12,18H,5,10-11H2,1-3H3. The molecule has 1 atom stereocenters. The van der Waals surface area contributed by atoms with Crippen LogP contribution in [0.4, 0.5) is 0 Å². The predicted molar refractivity (Wildman–Crippen MR) is 76.2 cm³/mol. The van der Waals surface area contributed by atoms with Crippen molar-refractivity contribution in [1.29, 1.82) is 0 Å². The minimum Gasteiger partial charge on any atom is -0.395 e. The van der Waals surface area contributed by atoms with Crippen molar-refractivity contribution in [3.8, 4) is 11.8 Å². The number of hydrogen-bond acceptors (Lipinski definition) is 4. The van der Waals surface area contributed by atoms with Gasteiger partial charge in [0, 0.05) is 26.8 Å². The van der Waals surface area contributed by atoms with Crippen LogP contribution in [-0.4, -0.2) is 54.3 Å². The summed E-state index contributed by atoms with van der Waals surface area (Å²) in [5.41, 5.74) is 0.894. The topological polar surface area (TPSA) is 62.7 Å². The molecule has 0 fully saturated rings. The third-order valence-electron chi connectivity index (χ3n) is 2.86. The highest BCUT2D eigenvalue weighted by Crippen LogP contribution is 2.09. The molecule has 1 aromatic heterocycles. The highest BCUT2D eigenvalue weighted by atomic mass is 16.5. The number of likely N-dealkylation sites (N-methyl/N-ethyl adjacent to an activating group) is 1. The number of pyridine rings is 1. The third kappa shape index (κ3) is 4.34. The maximum Gasteiger partial charge on any atom is 0.273 e. The van der Waals surface area contributed by atoms with Crippen molar-refractivity contribution in [2.24, 2.45) is 0 Å². The van der Waals surface area contributed by atoms with Gasteiger partial charge in [-0.05, 0) is 19.1 Å². The van der Waals surface area contributed by atoms with Crippen LogP contribution < -0.4 is 0 Å². The van der Waals surface area contributed by atoms with E-state index in [9.17, 15) is 4.79 Å². The summed E-state index contributed by atoms with van der Waals surface area (Å²) in [7, 11) is 3.31. The number of amides is 1. The van der Waals surface area contributed by atoms with Crippen LogP contribution in [-0.2, 0) is 4.74 Å². The summed E-state index contributed by atoms with van der Waals surface area (Å²) in [6.07, 6.45) is 1.94. The molecule has 0 radical (unpaired) electrons. The van der Waals surface area contributed by atoms with Gasteiger partial charge >= 0.3 is 0 Å². The van der Waals surface area contributed by atoms with Gasteiger partial charge in [0.1, 0.15) is 5.69 Å². The Hall–Kier alpha value is -1.90. The Morgan fingerprint density at radius 1 is 1.60 bits per heavy atom. The molecule has 108 valence electrons. The molecule has 0 saturated carbocycles. The van der Waals surface area contributed by atoms with Gasteiger partial charge in [-0.15, -0.1) is 0 Å². The number of hydrogen-bond donors (Lipinski definition) is 1. The van der Waals surface area contributed by atoms with Crippen LogP contribution in [0.3, 0.4) is 0 Å². The van der Waals surface area contributed by atoms with Crippen molar-refractivity contribution in [3.05, 3.63) is 29.6 Å². The lowest BCUT2D eigenvalue weighted by Crippen LogP contribution is -2.38. The first kappa shape index (κ1) is 16.2.